The lowest BCUT2D eigenvalue weighted by atomic mass is 10.2. The van der Waals surface area contributed by atoms with Crippen LogP contribution < -0.4 is 4.74 Å². The molecular formula is C17H25ClN2O3. The minimum Gasteiger partial charge on any atom is -0.490 e. The molecule has 128 valence electrons. The summed E-state index contributed by atoms with van der Waals surface area (Å²) < 4.78 is 11.3. The molecule has 1 amide bonds. The van der Waals surface area contributed by atoms with Gasteiger partial charge in [-0.2, -0.15) is 0 Å². The summed E-state index contributed by atoms with van der Waals surface area (Å²) in [7, 11) is 0. The maximum Gasteiger partial charge on any atom is 0.410 e. The molecule has 1 aliphatic rings. The van der Waals surface area contributed by atoms with Crippen molar-refractivity contribution >= 4 is 17.7 Å². The molecule has 0 N–H and O–H groups in total. The molecule has 2 heterocycles. The van der Waals surface area contributed by atoms with Gasteiger partial charge in [0.05, 0.1) is 12.2 Å². The first-order chi connectivity index (χ1) is 10.8. The average Bonchev–Trinajstić information content (AvgIpc) is 2.93. The Morgan fingerprint density at radius 1 is 1.48 bits per heavy atom. The van der Waals surface area contributed by atoms with Crippen molar-refractivity contribution in [3.05, 3.63) is 23.0 Å². The molecule has 0 saturated carbocycles. The molecule has 0 radical (unpaired) electrons. The van der Waals surface area contributed by atoms with Crippen LogP contribution in [0.15, 0.2) is 12.3 Å². The predicted molar refractivity (Wildman–Crippen MR) is 90.1 cm³/mol. The van der Waals surface area contributed by atoms with E-state index in [-0.39, 0.29) is 12.1 Å². The van der Waals surface area contributed by atoms with Gasteiger partial charge in [-0.15, -0.1) is 0 Å². The van der Waals surface area contributed by atoms with Gasteiger partial charge in [0, 0.05) is 6.54 Å². The number of nitrogens with zero attached hydrogens (tertiary/aromatic N) is 2. The third-order valence-corrected chi connectivity index (χ3v) is 4.06. The van der Waals surface area contributed by atoms with Crippen molar-refractivity contribution in [2.75, 3.05) is 13.2 Å². The number of carbonyl (C=O) groups excluding carboxylic acids is 1. The maximum absolute atomic E-state index is 12.2. The molecular weight excluding hydrogens is 316 g/mol. The zero-order chi connectivity index (χ0) is 17.0. The van der Waals surface area contributed by atoms with E-state index in [1.807, 2.05) is 33.8 Å². The van der Waals surface area contributed by atoms with Crippen molar-refractivity contribution in [1.29, 1.82) is 0 Å². The first-order valence-corrected chi connectivity index (χ1v) is 8.45. The molecule has 0 aliphatic carbocycles. The number of halogens is 1. The molecule has 0 aromatic carbocycles. The number of rotatable bonds is 4. The Hall–Kier alpha value is -1.49. The number of ether oxygens (including phenoxy) is 2. The molecule has 1 atom stereocenters. The lowest BCUT2D eigenvalue weighted by molar-refractivity contribution is 0.0187. The molecule has 0 bridgehead atoms. The van der Waals surface area contributed by atoms with Crippen LogP contribution in [0.1, 0.15) is 46.1 Å². The number of hydrogen-bond donors (Lipinski definition) is 0. The fourth-order valence-electron chi connectivity index (χ4n) is 2.56. The molecule has 1 saturated heterocycles. The Labute approximate surface area is 142 Å². The van der Waals surface area contributed by atoms with Crippen molar-refractivity contribution in [2.45, 2.75) is 58.6 Å². The number of pyridine rings is 1. The van der Waals surface area contributed by atoms with Crippen LogP contribution >= 0.6 is 11.6 Å². The van der Waals surface area contributed by atoms with E-state index >= 15 is 0 Å². The summed E-state index contributed by atoms with van der Waals surface area (Å²) in [5, 5.41) is 0.510. The van der Waals surface area contributed by atoms with Crippen LogP contribution in [-0.4, -0.2) is 40.8 Å². The van der Waals surface area contributed by atoms with Gasteiger partial charge >= 0.3 is 6.09 Å². The molecule has 0 spiro atoms. The average molecular weight is 341 g/mol. The molecule has 5 nitrogen and oxygen atoms in total. The third-order valence-electron chi connectivity index (χ3n) is 3.72. The van der Waals surface area contributed by atoms with Crippen molar-refractivity contribution < 1.29 is 14.3 Å². The van der Waals surface area contributed by atoms with Gasteiger partial charge in [0.2, 0.25) is 0 Å². The van der Waals surface area contributed by atoms with Crippen molar-refractivity contribution in [3.63, 3.8) is 0 Å². The molecule has 2 rings (SSSR count). The third kappa shape index (κ3) is 4.99. The molecule has 1 aromatic rings. The van der Waals surface area contributed by atoms with E-state index in [9.17, 15) is 4.79 Å². The van der Waals surface area contributed by atoms with Gasteiger partial charge in [-0.3, -0.25) is 0 Å². The Bertz CT molecular complexity index is 557. The number of likely N-dealkylation sites (tertiary alicyclic amines) is 1. The molecule has 23 heavy (non-hydrogen) atoms. The Balaban J connectivity index is 1.95. The van der Waals surface area contributed by atoms with Gasteiger partial charge in [-0.05, 0) is 51.7 Å². The highest BCUT2D eigenvalue weighted by atomic mass is 35.5. The Morgan fingerprint density at radius 2 is 2.22 bits per heavy atom. The lowest BCUT2D eigenvalue weighted by Gasteiger charge is -2.28. The van der Waals surface area contributed by atoms with Crippen LogP contribution in [0.5, 0.6) is 5.75 Å². The zero-order valence-electron chi connectivity index (χ0n) is 14.3. The summed E-state index contributed by atoms with van der Waals surface area (Å²) >= 11 is 6.01. The van der Waals surface area contributed by atoms with E-state index < -0.39 is 5.60 Å². The van der Waals surface area contributed by atoms with Crippen LogP contribution in [0, 0.1) is 0 Å². The van der Waals surface area contributed by atoms with E-state index in [0.29, 0.717) is 24.1 Å². The topological polar surface area (TPSA) is 51.7 Å². The second kappa shape index (κ2) is 7.39. The predicted octanol–water partition coefficient (Wildman–Crippen LogP) is 4.08. The van der Waals surface area contributed by atoms with Gasteiger partial charge in [0.25, 0.3) is 0 Å². The zero-order valence-corrected chi connectivity index (χ0v) is 15.0. The number of aryl methyl sites for hydroxylation is 1. The Morgan fingerprint density at radius 3 is 2.87 bits per heavy atom. The largest absolute Gasteiger partial charge is 0.490 e. The summed E-state index contributed by atoms with van der Waals surface area (Å²) in [6.45, 7) is 8.79. The van der Waals surface area contributed by atoms with Gasteiger partial charge < -0.3 is 14.4 Å². The number of hydrogen-bond acceptors (Lipinski definition) is 4. The van der Waals surface area contributed by atoms with Crippen molar-refractivity contribution in [2.24, 2.45) is 0 Å². The standard InChI is InChI=1S/C17H25ClN2O3/c1-5-12-9-14(10-19-15(12)18)22-11-13-7-6-8-20(13)16(21)23-17(2,3)4/h9-10,13H,5-8,11H2,1-4H3/t13-/m0/s1. The second-order valence-electron chi connectivity index (χ2n) is 6.76. The summed E-state index contributed by atoms with van der Waals surface area (Å²) in [5.41, 5.74) is 0.473. The van der Waals surface area contributed by atoms with E-state index in [1.165, 1.54) is 0 Å². The van der Waals surface area contributed by atoms with Crippen LogP contribution in [0.2, 0.25) is 5.15 Å². The highest BCUT2D eigenvalue weighted by Gasteiger charge is 2.32. The quantitative estimate of drug-likeness (QED) is 0.775. The summed E-state index contributed by atoms with van der Waals surface area (Å²) in [5.74, 6) is 0.683. The first kappa shape index (κ1) is 17.9. The van der Waals surface area contributed by atoms with Crippen LogP contribution in [0.25, 0.3) is 0 Å². The summed E-state index contributed by atoms with van der Waals surface area (Å²) in [6, 6.07) is 1.94. The van der Waals surface area contributed by atoms with E-state index in [2.05, 4.69) is 4.98 Å². The minimum atomic E-state index is -0.485. The lowest BCUT2D eigenvalue weighted by Crippen LogP contribution is -2.42. The SMILES string of the molecule is CCc1cc(OC[C@@H]2CCCN2C(=O)OC(C)(C)C)cnc1Cl. The highest BCUT2D eigenvalue weighted by molar-refractivity contribution is 6.30. The van der Waals surface area contributed by atoms with E-state index in [4.69, 9.17) is 21.1 Å². The molecule has 6 heteroatoms. The van der Waals surface area contributed by atoms with Gasteiger partial charge in [0.15, 0.2) is 0 Å². The molecule has 1 aromatic heterocycles. The van der Waals surface area contributed by atoms with E-state index in [0.717, 1.165) is 24.8 Å². The van der Waals surface area contributed by atoms with E-state index in [1.54, 1.807) is 11.1 Å². The normalized spacial score (nSPS) is 18.1. The Kier molecular flexibility index (Phi) is 5.74. The van der Waals surface area contributed by atoms with Crippen LogP contribution in [-0.2, 0) is 11.2 Å². The van der Waals surface area contributed by atoms with Crippen molar-refractivity contribution in [1.82, 2.24) is 9.88 Å². The number of aromatic nitrogens is 1. The molecule has 1 aliphatic heterocycles. The molecule has 1 fully saturated rings. The van der Waals surface area contributed by atoms with Crippen molar-refractivity contribution in [3.8, 4) is 5.75 Å². The van der Waals surface area contributed by atoms with Gasteiger partial charge in [0.1, 0.15) is 23.1 Å². The fraction of sp³-hybridized carbons (Fsp3) is 0.647. The molecule has 0 unspecified atom stereocenters. The highest BCUT2D eigenvalue weighted by Crippen LogP contribution is 2.23. The minimum absolute atomic E-state index is 0.0330. The van der Waals surface area contributed by atoms with Gasteiger partial charge in [-0.25, -0.2) is 9.78 Å². The monoisotopic (exact) mass is 340 g/mol. The van der Waals surface area contributed by atoms with Crippen LogP contribution in [0.3, 0.4) is 0 Å². The second-order valence-corrected chi connectivity index (χ2v) is 7.11. The maximum atomic E-state index is 12.2. The van der Waals surface area contributed by atoms with Crippen LogP contribution in [0.4, 0.5) is 4.79 Å². The number of carbonyl (C=O) groups is 1. The summed E-state index contributed by atoms with van der Waals surface area (Å²) in [6.07, 6.45) is 4.03. The first-order valence-electron chi connectivity index (χ1n) is 8.07. The summed E-state index contributed by atoms with van der Waals surface area (Å²) in [4.78, 5) is 18.1. The number of amides is 1. The smallest absolute Gasteiger partial charge is 0.410 e. The fourth-order valence-corrected chi connectivity index (χ4v) is 2.80. The van der Waals surface area contributed by atoms with Gasteiger partial charge in [-0.1, -0.05) is 18.5 Å².